The molecule has 1 aromatic carbocycles. The Kier molecular flexibility index (Phi) is 3.66. The number of carbonyl (C=O) groups excluding carboxylic acids is 1. The monoisotopic (exact) mass is 314 g/mol. The van der Waals surface area contributed by atoms with Crippen LogP contribution in [0.5, 0.6) is 0 Å². The highest BCUT2D eigenvalue weighted by molar-refractivity contribution is 5.76. The summed E-state index contributed by atoms with van der Waals surface area (Å²) in [6.45, 7) is 11.5. The lowest BCUT2D eigenvalue weighted by Crippen LogP contribution is -2.50. The van der Waals surface area contributed by atoms with Crippen molar-refractivity contribution in [1.82, 2.24) is 4.90 Å². The quantitative estimate of drug-likeness (QED) is 0.843. The number of fused-ring (bicyclic) bond motifs is 1. The summed E-state index contributed by atoms with van der Waals surface area (Å²) in [7, 11) is 0. The maximum Gasteiger partial charge on any atom is 0.410 e. The minimum Gasteiger partial charge on any atom is -0.444 e. The Bertz CT molecular complexity index is 650. The normalized spacial score (nSPS) is 19.6. The van der Waals surface area contributed by atoms with E-state index < -0.39 is 5.60 Å². The number of nitrogens with zero attached hydrogens (tertiary/aromatic N) is 1. The molecule has 0 atom stereocenters. The van der Waals surface area contributed by atoms with Crippen molar-refractivity contribution in [3.63, 3.8) is 0 Å². The van der Waals surface area contributed by atoms with E-state index in [4.69, 9.17) is 4.74 Å². The predicted molar refractivity (Wildman–Crippen MR) is 93.7 cm³/mol. The molecule has 1 aromatic rings. The van der Waals surface area contributed by atoms with Crippen molar-refractivity contribution in [3.8, 4) is 0 Å². The van der Waals surface area contributed by atoms with E-state index in [0.29, 0.717) is 5.92 Å². The van der Waals surface area contributed by atoms with E-state index in [1.807, 2.05) is 20.8 Å². The van der Waals surface area contributed by atoms with Gasteiger partial charge in [-0.1, -0.05) is 24.3 Å². The van der Waals surface area contributed by atoms with Gasteiger partial charge < -0.3 is 15.0 Å². The van der Waals surface area contributed by atoms with E-state index in [0.717, 1.165) is 13.1 Å². The van der Waals surface area contributed by atoms with Crippen molar-refractivity contribution in [2.24, 2.45) is 0 Å². The highest BCUT2D eigenvalue weighted by Crippen LogP contribution is 2.37. The van der Waals surface area contributed by atoms with Gasteiger partial charge in [0.25, 0.3) is 0 Å². The topological polar surface area (TPSA) is 41.6 Å². The minimum atomic E-state index is -0.438. The average molecular weight is 314 g/mol. The molecule has 124 valence electrons. The molecule has 1 saturated heterocycles. The van der Waals surface area contributed by atoms with Gasteiger partial charge >= 0.3 is 6.09 Å². The van der Waals surface area contributed by atoms with Crippen LogP contribution in [0.1, 0.15) is 51.7 Å². The minimum absolute atomic E-state index is 0.0201. The van der Waals surface area contributed by atoms with Crippen LogP contribution in [0, 0.1) is 0 Å². The summed E-state index contributed by atoms with van der Waals surface area (Å²) < 4.78 is 5.43. The molecule has 1 N–H and O–H groups in total. The third kappa shape index (κ3) is 3.36. The Morgan fingerprint density at radius 1 is 1.30 bits per heavy atom. The van der Waals surface area contributed by atoms with Crippen molar-refractivity contribution >= 4 is 17.9 Å². The van der Waals surface area contributed by atoms with E-state index in [2.05, 4.69) is 49.5 Å². The summed E-state index contributed by atoms with van der Waals surface area (Å²) in [6, 6.07) is 6.38. The molecule has 2 heterocycles. The molecule has 2 aliphatic heterocycles. The van der Waals surface area contributed by atoms with Crippen LogP contribution in [-0.4, -0.2) is 35.2 Å². The first-order chi connectivity index (χ1) is 10.6. The summed E-state index contributed by atoms with van der Waals surface area (Å²) in [5, 5.41) is 3.55. The van der Waals surface area contributed by atoms with Gasteiger partial charge in [-0.05, 0) is 46.2 Å². The second kappa shape index (κ2) is 5.29. The van der Waals surface area contributed by atoms with Crippen LogP contribution in [0.15, 0.2) is 24.3 Å². The standard InChI is InChI=1S/C19H26N2O2/c1-18(2,3)23-17(22)21-11-13(12-21)14-7-6-8-16-15(14)9-10-19(4,5)20-16/h6-10,13,20H,11-12H2,1-5H3. The highest BCUT2D eigenvalue weighted by atomic mass is 16.6. The molecule has 0 bridgehead atoms. The molecular weight excluding hydrogens is 288 g/mol. The van der Waals surface area contributed by atoms with Gasteiger partial charge in [0.15, 0.2) is 0 Å². The Morgan fingerprint density at radius 3 is 2.65 bits per heavy atom. The SMILES string of the molecule is CC1(C)C=Cc2c(cccc2C2CN(C(=O)OC(C)(C)C)C2)N1. The molecule has 3 rings (SSSR count). The number of rotatable bonds is 1. The first kappa shape index (κ1) is 15.9. The molecule has 4 nitrogen and oxygen atoms in total. The molecule has 2 aliphatic rings. The van der Waals surface area contributed by atoms with E-state index >= 15 is 0 Å². The third-order valence-electron chi connectivity index (χ3n) is 4.24. The predicted octanol–water partition coefficient (Wildman–Crippen LogP) is 4.24. The van der Waals surface area contributed by atoms with E-state index in [1.54, 1.807) is 4.90 Å². The molecule has 1 fully saturated rings. The smallest absolute Gasteiger partial charge is 0.410 e. The first-order valence-electron chi connectivity index (χ1n) is 8.23. The number of ether oxygens (including phenoxy) is 1. The first-order valence-corrected chi connectivity index (χ1v) is 8.23. The zero-order chi connectivity index (χ0) is 16.8. The molecule has 0 spiro atoms. The number of anilines is 1. The Balaban J connectivity index is 1.71. The van der Waals surface area contributed by atoms with Gasteiger partial charge in [-0.25, -0.2) is 4.79 Å². The molecule has 0 aliphatic carbocycles. The second-order valence-electron chi connectivity index (χ2n) is 8.07. The fourth-order valence-electron chi connectivity index (χ4n) is 3.07. The van der Waals surface area contributed by atoms with Crippen LogP contribution in [0.25, 0.3) is 6.08 Å². The number of nitrogens with one attached hydrogen (secondary N) is 1. The lowest BCUT2D eigenvalue weighted by molar-refractivity contribution is 0.00818. The Hall–Kier alpha value is -1.97. The third-order valence-corrected chi connectivity index (χ3v) is 4.24. The zero-order valence-electron chi connectivity index (χ0n) is 14.6. The summed E-state index contributed by atoms with van der Waals surface area (Å²) in [6.07, 6.45) is 4.19. The Labute approximate surface area is 138 Å². The maximum atomic E-state index is 12.1. The van der Waals surface area contributed by atoms with Crippen molar-refractivity contribution in [2.75, 3.05) is 18.4 Å². The van der Waals surface area contributed by atoms with Crippen LogP contribution in [0.2, 0.25) is 0 Å². The van der Waals surface area contributed by atoms with Crippen molar-refractivity contribution in [2.45, 2.75) is 51.7 Å². The molecule has 0 aromatic heterocycles. The van der Waals surface area contributed by atoms with Crippen molar-refractivity contribution < 1.29 is 9.53 Å². The molecule has 0 unspecified atom stereocenters. The van der Waals surface area contributed by atoms with Gasteiger partial charge in [0.2, 0.25) is 0 Å². The van der Waals surface area contributed by atoms with E-state index in [-0.39, 0.29) is 11.6 Å². The fourth-order valence-corrected chi connectivity index (χ4v) is 3.07. The Morgan fingerprint density at radius 2 is 2.00 bits per heavy atom. The second-order valence-corrected chi connectivity index (χ2v) is 8.07. The van der Waals surface area contributed by atoms with Crippen LogP contribution >= 0.6 is 0 Å². The zero-order valence-corrected chi connectivity index (χ0v) is 14.6. The van der Waals surface area contributed by atoms with Gasteiger partial charge in [-0.2, -0.15) is 0 Å². The number of amides is 1. The average Bonchev–Trinajstić information content (AvgIpc) is 2.33. The van der Waals surface area contributed by atoms with Crippen molar-refractivity contribution in [3.05, 3.63) is 35.4 Å². The van der Waals surface area contributed by atoms with Crippen LogP contribution in [-0.2, 0) is 4.74 Å². The van der Waals surface area contributed by atoms with Gasteiger partial charge in [0.1, 0.15) is 5.60 Å². The van der Waals surface area contributed by atoms with E-state index in [1.165, 1.54) is 16.8 Å². The lowest BCUT2D eigenvalue weighted by Gasteiger charge is -2.41. The van der Waals surface area contributed by atoms with Crippen LogP contribution in [0.3, 0.4) is 0 Å². The lowest BCUT2D eigenvalue weighted by atomic mass is 9.85. The number of carbonyl (C=O) groups is 1. The highest BCUT2D eigenvalue weighted by Gasteiger charge is 2.36. The largest absolute Gasteiger partial charge is 0.444 e. The molecule has 1 amide bonds. The molecule has 4 heteroatoms. The molecular formula is C19H26N2O2. The fraction of sp³-hybridized carbons (Fsp3) is 0.526. The maximum absolute atomic E-state index is 12.1. The molecule has 0 saturated carbocycles. The van der Waals surface area contributed by atoms with Crippen molar-refractivity contribution in [1.29, 1.82) is 0 Å². The summed E-state index contributed by atoms with van der Waals surface area (Å²) in [4.78, 5) is 13.8. The summed E-state index contributed by atoms with van der Waals surface area (Å²) in [5.74, 6) is 0.380. The van der Waals surface area contributed by atoms with Crippen LogP contribution in [0.4, 0.5) is 10.5 Å². The summed E-state index contributed by atoms with van der Waals surface area (Å²) >= 11 is 0. The summed E-state index contributed by atoms with van der Waals surface area (Å²) in [5.41, 5.74) is 3.27. The van der Waals surface area contributed by atoms with E-state index in [9.17, 15) is 4.79 Å². The molecule has 23 heavy (non-hydrogen) atoms. The number of likely N-dealkylation sites (tertiary alicyclic amines) is 1. The van der Waals surface area contributed by atoms with Gasteiger partial charge in [-0.15, -0.1) is 0 Å². The number of hydrogen-bond acceptors (Lipinski definition) is 3. The van der Waals surface area contributed by atoms with Gasteiger partial charge in [0, 0.05) is 30.3 Å². The molecule has 0 radical (unpaired) electrons. The van der Waals surface area contributed by atoms with Crippen LogP contribution < -0.4 is 5.32 Å². The number of hydrogen-bond donors (Lipinski definition) is 1. The van der Waals surface area contributed by atoms with Gasteiger partial charge in [-0.3, -0.25) is 0 Å². The number of benzene rings is 1. The van der Waals surface area contributed by atoms with Gasteiger partial charge in [0.05, 0.1) is 5.54 Å².